The number of aromatic nitrogens is 2. The number of fused-ring (bicyclic) bond motifs is 1. The van der Waals surface area contributed by atoms with Gasteiger partial charge in [0, 0.05) is 25.2 Å². The van der Waals surface area contributed by atoms with Crippen molar-refractivity contribution in [3.8, 4) is 11.4 Å². The predicted octanol–water partition coefficient (Wildman–Crippen LogP) is 1.70. The Morgan fingerprint density at radius 1 is 1.19 bits per heavy atom. The molecule has 1 aromatic heterocycles. The minimum Gasteiger partial charge on any atom is -0.492 e. The smallest absolute Gasteiger partial charge is 0.274 e. The standard InChI is InChI=1S/C23H26N4O5/c1-16-3-4-17(22(28)25-30-2)13-21(16)27-15-24-20-6-5-18(14-19(20)23(27)29)32-12-9-26-7-10-31-11-8-26/h3-6,13-15H,7-12H2,1-2H3,(H,25,28). The van der Waals surface area contributed by atoms with Crippen LogP contribution in [-0.4, -0.2) is 66.9 Å². The highest BCUT2D eigenvalue weighted by atomic mass is 16.6. The molecule has 0 aliphatic carbocycles. The summed E-state index contributed by atoms with van der Waals surface area (Å²) < 4.78 is 12.7. The molecule has 1 saturated heterocycles. The summed E-state index contributed by atoms with van der Waals surface area (Å²) in [5, 5.41) is 0.447. The first-order valence-corrected chi connectivity index (χ1v) is 10.5. The number of morpholine rings is 1. The van der Waals surface area contributed by atoms with Crippen LogP contribution in [-0.2, 0) is 9.57 Å². The molecule has 1 aliphatic heterocycles. The average molecular weight is 438 g/mol. The number of hydroxylamine groups is 1. The van der Waals surface area contributed by atoms with Crippen molar-refractivity contribution in [3.63, 3.8) is 0 Å². The molecule has 0 bridgehead atoms. The Bertz CT molecular complexity index is 1170. The van der Waals surface area contributed by atoms with Gasteiger partial charge in [0.25, 0.3) is 11.5 Å². The largest absolute Gasteiger partial charge is 0.492 e. The van der Waals surface area contributed by atoms with Crippen molar-refractivity contribution in [3.05, 3.63) is 64.2 Å². The van der Waals surface area contributed by atoms with Crippen LogP contribution >= 0.6 is 0 Å². The number of nitrogens with zero attached hydrogens (tertiary/aromatic N) is 3. The van der Waals surface area contributed by atoms with Gasteiger partial charge >= 0.3 is 0 Å². The summed E-state index contributed by atoms with van der Waals surface area (Å²) in [7, 11) is 1.37. The molecule has 9 nitrogen and oxygen atoms in total. The van der Waals surface area contributed by atoms with E-state index in [2.05, 4.69) is 15.4 Å². The molecule has 1 N–H and O–H groups in total. The van der Waals surface area contributed by atoms with Gasteiger partial charge in [0.05, 0.1) is 36.9 Å². The molecule has 2 heterocycles. The average Bonchev–Trinajstić information content (AvgIpc) is 2.81. The van der Waals surface area contributed by atoms with Crippen LogP contribution in [0.5, 0.6) is 5.75 Å². The summed E-state index contributed by atoms with van der Waals surface area (Å²) in [4.78, 5) is 36.8. The second kappa shape index (κ2) is 9.90. The van der Waals surface area contributed by atoms with Crippen LogP contribution in [0.15, 0.2) is 47.5 Å². The lowest BCUT2D eigenvalue weighted by atomic mass is 10.1. The predicted molar refractivity (Wildman–Crippen MR) is 119 cm³/mol. The van der Waals surface area contributed by atoms with Gasteiger partial charge in [0.15, 0.2) is 0 Å². The molecule has 2 aromatic carbocycles. The molecule has 32 heavy (non-hydrogen) atoms. The zero-order chi connectivity index (χ0) is 22.5. The van der Waals surface area contributed by atoms with Crippen molar-refractivity contribution in [2.24, 2.45) is 0 Å². The van der Waals surface area contributed by atoms with E-state index in [0.29, 0.717) is 34.5 Å². The van der Waals surface area contributed by atoms with Crippen LogP contribution in [0.2, 0.25) is 0 Å². The molecule has 0 radical (unpaired) electrons. The van der Waals surface area contributed by atoms with Crippen LogP contribution in [0.4, 0.5) is 0 Å². The van der Waals surface area contributed by atoms with E-state index in [1.807, 2.05) is 13.0 Å². The highest BCUT2D eigenvalue weighted by Gasteiger charge is 2.13. The maximum absolute atomic E-state index is 13.3. The lowest BCUT2D eigenvalue weighted by Crippen LogP contribution is -2.38. The van der Waals surface area contributed by atoms with Crippen LogP contribution in [0, 0.1) is 6.92 Å². The topological polar surface area (TPSA) is 94.9 Å². The second-order valence-electron chi connectivity index (χ2n) is 7.54. The van der Waals surface area contributed by atoms with Crippen molar-refractivity contribution in [1.29, 1.82) is 0 Å². The van der Waals surface area contributed by atoms with E-state index in [9.17, 15) is 9.59 Å². The van der Waals surface area contributed by atoms with Gasteiger partial charge in [-0.2, -0.15) is 0 Å². The molecule has 4 rings (SSSR count). The van der Waals surface area contributed by atoms with Crippen molar-refractivity contribution in [2.45, 2.75) is 6.92 Å². The van der Waals surface area contributed by atoms with E-state index in [-0.39, 0.29) is 5.56 Å². The molecule has 0 unspecified atom stereocenters. The molecule has 0 spiro atoms. The first-order chi connectivity index (χ1) is 15.6. The van der Waals surface area contributed by atoms with Gasteiger partial charge in [0.1, 0.15) is 18.7 Å². The maximum Gasteiger partial charge on any atom is 0.274 e. The number of amides is 1. The number of hydrogen-bond acceptors (Lipinski definition) is 7. The number of benzene rings is 2. The fourth-order valence-electron chi connectivity index (χ4n) is 3.64. The minimum atomic E-state index is -0.397. The van der Waals surface area contributed by atoms with Crippen molar-refractivity contribution in [2.75, 3.05) is 46.6 Å². The van der Waals surface area contributed by atoms with E-state index in [0.717, 1.165) is 38.4 Å². The zero-order valence-corrected chi connectivity index (χ0v) is 18.2. The van der Waals surface area contributed by atoms with Gasteiger partial charge in [-0.1, -0.05) is 6.07 Å². The Hall–Kier alpha value is -3.27. The number of carbonyl (C=O) groups excluding carboxylic acids is 1. The van der Waals surface area contributed by atoms with E-state index in [1.54, 1.807) is 30.3 Å². The molecule has 168 valence electrons. The molecule has 9 heteroatoms. The number of ether oxygens (including phenoxy) is 2. The summed E-state index contributed by atoms with van der Waals surface area (Å²) in [6.45, 7) is 6.48. The molecule has 1 aliphatic rings. The highest BCUT2D eigenvalue weighted by Crippen LogP contribution is 2.19. The Balaban J connectivity index is 1.60. The third-order valence-electron chi connectivity index (χ3n) is 5.44. The number of carbonyl (C=O) groups is 1. The summed E-state index contributed by atoms with van der Waals surface area (Å²) in [5.41, 5.74) is 4.42. The van der Waals surface area contributed by atoms with Crippen LogP contribution in [0.25, 0.3) is 16.6 Å². The molecule has 3 aromatic rings. The number of hydrogen-bond donors (Lipinski definition) is 1. The lowest BCUT2D eigenvalue weighted by molar-refractivity contribution is 0.0322. The fraction of sp³-hybridized carbons (Fsp3) is 0.348. The summed E-state index contributed by atoms with van der Waals surface area (Å²) >= 11 is 0. The number of rotatable bonds is 7. The van der Waals surface area contributed by atoms with Crippen molar-refractivity contribution >= 4 is 16.8 Å². The van der Waals surface area contributed by atoms with Crippen LogP contribution in [0.1, 0.15) is 15.9 Å². The minimum absolute atomic E-state index is 0.235. The molecule has 1 amide bonds. The monoisotopic (exact) mass is 438 g/mol. The van der Waals surface area contributed by atoms with Gasteiger partial charge in [0.2, 0.25) is 0 Å². The molecular weight excluding hydrogens is 412 g/mol. The fourth-order valence-corrected chi connectivity index (χ4v) is 3.64. The van der Waals surface area contributed by atoms with Gasteiger partial charge in [-0.05, 0) is 42.8 Å². The Kier molecular flexibility index (Phi) is 6.79. The summed E-state index contributed by atoms with van der Waals surface area (Å²) in [6, 6.07) is 10.4. The third kappa shape index (κ3) is 4.80. The quantitative estimate of drug-likeness (QED) is 0.561. The van der Waals surface area contributed by atoms with Crippen LogP contribution in [0.3, 0.4) is 0 Å². The highest BCUT2D eigenvalue weighted by molar-refractivity contribution is 5.94. The summed E-state index contributed by atoms with van der Waals surface area (Å²) in [6.07, 6.45) is 1.48. The van der Waals surface area contributed by atoms with E-state index in [1.165, 1.54) is 18.0 Å². The first kappa shape index (κ1) is 21.9. The summed E-state index contributed by atoms with van der Waals surface area (Å²) in [5.74, 6) is 0.221. The third-order valence-corrected chi connectivity index (χ3v) is 5.44. The van der Waals surface area contributed by atoms with Crippen molar-refractivity contribution < 1.29 is 19.1 Å². The zero-order valence-electron chi connectivity index (χ0n) is 18.2. The van der Waals surface area contributed by atoms with Crippen LogP contribution < -0.4 is 15.8 Å². The van der Waals surface area contributed by atoms with E-state index >= 15 is 0 Å². The van der Waals surface area contributed by atoms with Gasteiger partial charge in [-0.25, -0.2) is 10.5 Å². The Labute approximate surface area is 185 Å². The molecule has 1 fully saturated rings. The van der Waals surface area contributed by atoms with E-state index in [4.69, 9.17) is 14.3 Å². The Morgan fingerprint density at radius 2 is 2.00 bits per heavy atom. The molecule has 0 saturated carbocycles. The SMILES string of the molecule is CONC(=O)c1ccc(C)c(-n2cnc3ccc(OCCN4CCOCC4)cc3c2=O)c1. The van der Waals surface area contributed by atoms with Crippen molar-refractivity contribution in [1.82, 2.24) is 19.9 Å². The molecular formula is C23H26N4O5. The molecule has 0 atom stereocenters. The number of aryl methyl sites for hydroxylation is 1. The lowest BCUT2D eigenvalue weighted by Gasteiger charge is -2.26. The first-order valence-electron chi connectivity index (χ1n) is 10.5. The second-order valence-corrected chi connectivity index (χ2v) is 7.54. The van der Waals surface area contributed by atoms with Gasteiger partial charge in [-0.3, -0.25) is 23.9 Å². The normalized spacial score (nSPS) is 14.4. The van der Waals surface area contributed by atoms with Gasteiger partial charge < -0.3 is 9.47 Å². The van der Waals surface area contributed by atoms with E-state index < -0.39 is 5.91 Å². The van der Waals surface area contributed by atoms with Gasteiger partial charge in [-0.15, -0.1) is 0 Å². The number of nitrogens with one attached hydrogen (secondary N) is 1. The Morgan fingerprint density at radius 3 is 2.78 bits per heavy atom. The maximum atomic E-state index is 13.3.